The molecule has 2 aromatic rings. The summed E-state index contributed by atoms with van der Waals surface area (Å²) in [6.45, 7) is 1.96. The molecule has 0 saturated carbocycles. The minimum absolute atomic E-state index is 0.523. The molecule has 1 N–H and O–H groups in total. The predicted octanol–water partition coefficient (Wildman–Crippen LogP) is 3.93. The first kappa shape index (κ1) is 13.9. The van der Waals surface area contributed by atoms with Gasteiger partial charge in [-0.15, -0.1) is 0 Å². The highest BCUT2D eigenvalue weighted by atomic mass is 35.5. The number of hydrogen-bond donors (Lipinski definition) is 1. The van der Waals surface area contributed by atoms with Gasteiger partial charge in [0, 0.05) is 11.4 Å². The minimum Gasteiger partial charge on any atom is -0.497 e. The summed E-state index contributed by atoms with van der Waals surface area (Å²) in [4.78, 5) is 0. The highest BCUT2D eigenvalue weighted by Crippen LogP contribution is 2.25. The fraction of sp³-hybridized carbons (Fsp3) is 0.250. The van der Waals surface area contributed by atoms with Crippen LogP contribution in [0.5, 0.6) is 5.75 Å². The van der Waals surface area contributed by atoms with Crippen LogP contribution in [-0.4, -0.2) is 12.2 Å². The lowest BCUT2D eigenvalue weighted by atomic mass is 9.98. The maximum absolute atomic E-state index is 10.3. The first-order valence-electron chi connectivity index (χ1n) is 6.17. The topological polar surface area (TPSA) is 29.5 Å². The number of rotatable bonds is 4. The van der Waals surface area contributed by atoms with Crippen LogP contribution in [-0.2, 0) is 6.42 Å². The molecule has 0 aliphatic carbocycles. The molecule has 3 heteroatoms. The Morgan fingerprint density at radius 2 is 1.84 bits per heavy atom. The van der Waals surface area contributed by atoms with Gasteiger partial charge in [0.25, 0.3) is 0 Å². The van der Waals surface area contributed by atoms with Crippen molar-refractivity contribution in [3.63, 3.8) is 0 Å². The molecule has 100 valence electrons. The number of hydrogen-bond acceptors (Lipinski definition) is 2. The summed E-state index contributed by atoms with van der Waals surface area (Å²) in [5, 5.41) is 11.0. The van der Waals surface area contributed by atoms with E-state index in [0.29, 0.717) is 11.4 Å². The zero-order chi connectivity index (χ0) is 13.8. The van der Waals surface area contributed by atoms with Gasteiger partial charge in [0.15, 0.2) is 0 Å². The number of aryl methyl sites for hydroxylation is 1. The van der Waals surface area contributed by atoms with Crippen LogP contribution in [0.25, 0.3) is 0 Å². The first-order valence-corrected chi connectivity index (χ1v) is 6.55. The Morgan fingerprint density at radius 3 is 2.42 bits per heavy atom. The van der Waals surface area contributed by atoms with E-state index < -0.39 is 6.10 Å². The fourth-order valence-corrected chi connectivity index (χ4v) is 2.33. The average Bonchev–Trinajstić information content (AvgIpc) is 2.39. The number of ether oxygens (including phenoxy) is 1. The Balaban J connectivity index is 2.13. The van der Waals surface area contributed by atoms with Crippen LogP contribution < -0.4 is 4.74 Å². The molecule has 0 aliphatic rings. The van der Waals surface area contributed by atoms with Crippen molar-refractivity contribution >= 4 is 11.6 Å². The lowest BCUT2D eigenvalue weighted by Gasteiger charge is -2.14. The van der Waals surface area contributed by atoms with E-state index in [1.165, 1.54) is 0 Å². The molecule has 2 nitrogen and oxygen atoms in total. The maximum Gasteiger partial charge on any atom is 0.118 e. The molecule has 1 atom stereocenters. The van der Waals surface area contributed by atoms with Crippen LogP contribution in [0.2, 0.25) is 5.02 Å². The number of aliphatic hydroxyl groups is 1. The van der Waals surface area contributed by atoms with E-state index in [2.05, 4.69) is 0 Å². The second-order valence-corrected chi connectivity index (χ2v) is 5.01. The van der Waals surface area contributed by atoms with E-state index in [4.69, 9.17) is 16.3 Å². The van der Waals surface area contributed by atoms with Gasteiger partial charge in [-0.3, -0.25) is 0 Å². The van der Waals surface area contributed by atoms with Gasteiger partial charge >= 0.3 is 0 Å². The molecule has 19 heavy (non-hydrogen) atoms. The predicted molar refractivity (Wildman–Crippen MR) is 77.8 cm³/mol. The SMILES string of the molecule is COc1ccc(CC(O)c2ccc(Cl)cc2C)cc1. The van der Waals surface area contributed by atoms with Gasteiger partial charge in [-0.25, -0.2) is 0 Å². The summed E-state index contributed by atoms with van der Waals surface area (Å²) in [6, 6.07) is 13.3. The average molecular weight is 277 g/mol. The van der Waals surface area contributed by atoms with E-state index in [1.807, 2.05) is 43.3 Å². The third kappa shape index (κ3) is 3.49. The molecular formula is C16H17ClO2. The second-order valence-electron chi connectivity index (χ2n) is 4.57. The third-order valence-electron chi connectivity index (χ3n) is 3.18. The van der Waals surface area contributed by atoms with Gasteiger partial charge in [-0.05, 0) is 47.9 Å². The van der Waals surface area contributed by atoms with E-state index in [-0.39, 0.29) is 0 Å². The summed E-state index contributed by atoms with van der Waals surface area (Å²) in [5.74, 6) is 0.820. The largest absolute Gasteiger partial charge is 0.497 e. The molecule has 0 saturated heterocycles. The van der Waals surface area contributed by atoms with Crippen LogP contribution in [0.4, 0.5) is 0 Å². The van der Waals surface area contributed by atoms with Crippen molar-refractivity contribution in [3.05, 3.63) is 64.2 Å². The van der Waals surface area contributed by atoms with Crippen molar-refractivity contribution in [2.24, 2.45) is 0 Å². The highest BCUT2D eigenvalue weighted by molar-refractivity contribution is 6.30. The standard InChI is InChI=1S/C16H17ClO2/c1-11-9-13(17)5-8-15(11)16(18)10-12-3-6-14(19-2)7-4-12/h3-9,16,18H,10H2,1-2H3. The van der Waals surface area contributed by atoms with Crippen molar-refractivity contribution in [2.75, 3.05) is 7.11 Å². The molecule has 0 aliphatic heterocycles. The third-order valence-corrected chi connectivity index (χ3v) is 3.41. The molecule has 0 bridgehead atoms. The molecular weight excluding hydrogens is 260 g/mol. The Bertz CT molecular complexity index is 549. The first-order chi connectivity index (χ1) is 9.10. The minimum atomic E-state index is -0.523. The lowest BCUT2D eigenvalue weighted by molar-refractivity contribution is 0.177. The van der Waals surface area contributed by atoms with Crippen molar-refractivity contribution in [1.29, 1.82) is 0 Å². The lowest BCUT2D eigenvalue weighted by Crippen LogP contribution is -2.03. The molecule has 0 radical (unpaired) electrons. The molecule has 2 aromatic carbocycles. The molecule has 0 aromatic heterocycles. The van der Waals surface area contributed by atoms with Crippen LogP contribution in [0.15, 0.2) is 42.5 Å². The van der Waals surface area contributed by atoms with Gasteiger partial charge in [-0.2, -0.15) is 0 Å². The number of aliphatic hydroxyl groups excluding tert-OH is 1. The molecule has 1 unspecified atom stereocenters. The Morgan fingerprint density at radius 1 is 1.16 bits per heavy atom. The number of methoxy groups -OCH3 is 1. The van der Waals surface area contributed by atoms with Crippen LogP contribution in [0.3, 0.4) is 0 Å². The summed E-state index contributed by atoms with van der Waals surface area (Å²) < 4.78 is 5.11. The Labute approximate surface area is 118 Å². The van der Waals surface area contributed by atoms with Crippen molar-refractivity contribution in [1.82, 2.24) is 0 Å². The summed E-state index contributed by atoms with van der Waals surface area (Å²) >= 11 is 5.92. The maximum atomic E-state index is 10.3. The van der Waals surface area contributed by atoms with Crippen molar-refractivity contribution in [2.45, 2.75) is 19.4 Å². The second kappa shape index (κ2) is 6.09. The van der Waals surface area contributed by atoms with Crippen LogP contribution in [0.1, 0.15) is 22.8 Å². The normalized spacial score (nSPS) is 12.2. The zero-order valence-corrected chi connectivity index (χ0v) is 11.8. The van der Waals surface area contributed by atoms with Gasteiger partial charge < -0.3 is 9.84 Å². The Hall–Kier alpha value is -1.51. The number of halogens is 1. The van der Waals surface area contributed by atoms with Gasteiger partial charge in [0.2, 0.25) is 0 Å². The van der Waals surface area contributed by atoms with E-state index >= 15 is 0 Å². The van der Waals surface area contributed by atoms with Crippen LogP contribution >= 0.6 is 11.6 Å². The van der Waals surface area contributed by atoms with Gasteiger partial charge in [0.1, 0.15) is 5.75 Å². The molecule has 0 heterocycles. The van der Waals surface area contributed by atoms with Gasteiger partial charge in [-0.1, -0.05) is 29.8 Å². The number of benzene rings is 2. The quantitative estimate of drug-likeness (QED) is 0.917. The molecule has 0 fully saturated rings. The summed E-state index contributed by atoms with van der Waals surface area (Å²) in [6.07, 6.45) is 0.0533. The van der Waals surface area contributed by atoms with E-state index in [1.54, 1.807) is 13.2 Å². The van der Waals surface area contributed by atoms with Crippen molar-refractivity contribution in [3.8, 4) is 5.75 Å². The Kier molecular flexibility index (Phi) is 4.46. The molecule has 2 rings (SSSR count). The van der Waals surface area contributed by atoms with E-state index in [9.17, 15) is 5.11 Å². The summed E-state index contributed by atoms with van der Waals surface area (Å²) in [5.41, 5.74) is 3.00. The smallest absolute Gasteiger partial charge is 0.118 e. The zero-order valence-electron chi connectivity index (χ0n) is 11.1. The highest BCUT2D eigenvalue weighted by Gasteiger charge is 2.11. The fourth-order valence-electron chi connectivity index (χ4n) is 2.11. The molecule has 0 amide bonds. The summed E-state index contributed by atoms with van der Waals surface area (Å²) in [7, 11) is 1.64. The monoisotopic (exact) mass is 276 g/mol. The van der Waals surface area contributed by atoms with Crippen LogP contribution in [0, 0.1) is 6.92 Å². The van der Waals surface area contributed by atoms with Crippen molar-refractivity contribution < 1.29 is 9.84 Å². The van der Waals surface area contributed by atoms with Gasteiger partial charge in [0.05, 0.1) is 13.2 Å². The van der Waals surface area contributed by atoms with E-state index in [0.717, 1.165) is 22.4 Å². The molecule has 0 spiro atoms.